The molecule has 1 fully saturated rings. The van der Waals surface area contributed by atoms with Crippen LogP contribution in [0.3, 0.4) is 0 Å². The van der Waals surface area contributed by atoms with Gasteiger partial charge in [-0.2, -0.15) is 0 Å². The smallest absolute Gasteiger partial charge is 0.204 e. The Hall–Kier alpha value is -2.56. The highest BCUT2D eigenvalue weighted by Crippen LogP contribution is 2.41. The topological polar surface area (TPSA) is 65.1 Å². The number of aromatic nitrogens is 1. The van der Waals surface area contributed by atoms with Crippen molar-refractivity contribution in [2.45, 2.75) is 76.9 Å². The van der Waals surface area contributed by atoms with Crippen LogP contribution in [0.1, 0.15) is 81.9 Å². The van der Waals surface area contributed by atoms with E-state index in [1.165, 1.54) is 30.4 Å². The molecule has 1 aliphatic carbocycles. The van der Waals surface area contributed by atoms with Crippen LogP contribution in [0.5, 0.6) is 5.75 Å². The minimum atomic E-state index is 0.0300. The number of benzene rings is 1. The largest absolute Gasteiger partial charge is 0.484 e. The minimum Gasteiger partial charge on any atom is -0.484 e. The van der Waals surface area contributed by atoms with Gasteiger partial charge in [0.1, 0.15) is 17.3 Å². The Morgan fingerprint density at radius 3 is 2.63 bits per heavy atom. The third-order valence-electron chi connectivity index (χ3n) is 6.70. The molecule has 2 aromatic rings. The van der Waals surface area contributed by atoms with E-state index in [0.717, 1.165) is 38.0 Å². The van der Waals surface area contributed by atoms with Crippen molar-refractivity contribution in [1.82, 2.24) is 9.47 Å². The fourth-order valence-corrected chi connectivity index (χ4v) is 5.05. The molecule has 2 N–H and O–H groups in total. The number of hydrogen-bond donors (Lipinski definition) is 2. The third-order valence-corrected chi connectivity index (χ3v) is 6.70. The molecule has 4 rings (SSSR count). The third kappa shape index (κ3) is 4.16. The van der Waals surface area contributed by atoms with Gasteiger partial charge in [0, 0.05) is 12.6 Å². The molecule has 0 amide bonds. The summed E-state index contributed by atoms with van der Waals surface area (Å²) >= 11 is 0. The van der Waals surface area contributed by atoms with Crippen LogP contribution in [0.15, 0.2) is 42.6 Å². The van der Waals surface area contributed by atoms with E-state index in [1.54, 1.807) is 10.6 Å². The zero-order chi connectivity index (χ0) is 21.1. The molecular weight excluding hydrogens is 372 g/mol. The van der Waals surface area contributed by atoms with Crippen molar-refractivity contribution in [3.05, 3.63) is 59.2 Å². The van der Waals surface area contributed by atoms with Gasteiger partial charge in [0.15, 0.2) is 0 Å². The predicted octanol–water partition coefficient (Wildman–Crippen LogP) is 5.42. The van der Waals surface area contributed by atoms with Crippen LogP contribution in [-0.2, 0) is 0 Å². The Morgan fingerprint density at radius 2 is 1.87 bits per heavy atom. The molecule has 0 bridgehead atoms. The molecule has 5 nitrogen and oxygen atoms in total. The van der Waals surface area contributed by atoms with Crippen molar-refractivity contribution in [2.75, 3.05) is 6.54 Å². The molecule has 30 heavy (non-hydrogen) atoms. The predicted molar refractivity (Wildman–Crippen MR) is 120 cm³/mol. The van der Waals surface area contributed by atoms with E-state index in [-0.39, 0.29) is 6.10 Å². The molecule has 1 saturated heterocycles. The summed E-state index contributed by atoms with van der Waals surface area (Å²) in [7, 11) is 0. The lowest BCUT2D eigenvalue weighted by molar-refractivity contribution is 0.174. The molecule has 1 aromatic heterocycles. The van der Waals surface area contributed by atoms with Gasteiger partial charge in [-0.3, -0.25) is 15.4 Å². The molecule has 1 aromatic carbocycles. The quantitative estimate of drug-likeness (QED) is 0.526. The van der Waals surface area contributed by atoms with Crippen molar-refractivity contribution in [3.8, 4) is 5.75 Å². The Balaban J connectivity index is 1.57. The van der Waals surface area contributed by atoms with Crippen molar-refractivity contribution in [2.24, 2.45) is 0 Å². The number of likely N-dealkylation sites (tertiary alicyclic amines) is 1. The Bertz CT molecular complexity index is 950. The van der Waals surface area contributed by atoms with Crippen LogP contribution >= 0.6 is 0 Å². The van der Waals surface area contributed by atoms with Gasteiger partial charge in [-0.25, -0.2) is 0 Å². The van der Waals surface area contributed by atoms with Crippen molar-refractivity contribution in [1.29, 1.82) is 10.8 Å². The molecule has 1 aliphatic heterocycles. The number of nitrogens with zero attached hydrogens (tertiary/aromatic N) is 2. The van der Waals surface area contributed by atoms with Gasteiger partial charge >= 0.3 is 0 Å². The number of rotatable bonds is 4. The summed E-state index contributed by atoms with van der Waals surface area (Å²) in [6.07, 6.45) is 9.85. The summed E-state index contributed by atoms with van der Waals surface area (Å²) in [6.45, 7) is 5.31. The minimum absolute atomic E-state index is 0.0300. The van der Waals surface area contributed by atoms with Gasteiger partial charge < -0.3 is 9.64 Å². The van der Waals surface area contributed by atoms with Gasteiger partial charge in [0.05, 0.1) is 6.20 Å². The van der Waals surface area contributed by atoms with E-state index >= 15 is 0 Å². The molecule has 0 spiro atoms. The van der Waals surface area contributed by atoms with E-state index in [9.17, 15) is 0 Å². The Labute approximate surface area is 179 Å². The zero-order valence-corrected chi connectivity index (χ0v) is 18.2. The second-order valence-electron chi connectivity index (χ2n) is 8.78. The summed E-state index contributed by atoms with van der Waals surface area (Å²) in [6, 6.07) is 12.6. The van der Waals surface area contributed by atoms with Crippen LogP contribution in [0.2, 0.25) is 0 Å². The van der Waals surface area contributed by atoms with Gasteiger partial charge in [0.25, 0.3) is 0 Å². The number of pyridine rings is 1. The van der Waals surface area contributed by atoms with E-state index in [2.05, 4.69) is 43.0 Å². The first kappa shape index (κ1) is 20.7. The first-order chi connectivity index (χ1) is 14.6. The number of fused-ring (bicyclic) bond motifs is 1. The lowest BCUT2D eigenvalue weighted by atomic mass is 9.79. The van der Waals surface area contributed by atoms with Crippen LogP contribution < -0.4 is 10.2 Å². The number of ether oxygens (including phenoxy) is 1. The van der Waals surface area contributed by atoms with E-state index in [0.29, 0.717) is 23.4 Å². The first-order valence-electron chi connectivity index (χ1n) is 11.5. The maximum Gasteiger partial charge on any atom is 0.204 e. The molecule has 5 heteroatoms. The maximum absolute atomic E-state index is 8.71. The monoisotopic (exact) mass is 406 g/mol. The van der Waals surface area contributed by atoms with E-state index < -0.39 is 0 Å². The highest BCUT2D eigenvalue weighted by Gasteiger charge is 2.28. The highest BCUT2D eigenvalue weighted by molar-refractivity contribution is 5.79. The number of piperidine rings is 1. The fourth-order valence-electron chi connectivity index (χ4n) is 5.05. The van der Waals surface area contributed by atoms with Gasteiger partial charge in [0.2, 0.25) is 5.96 Å². The molecular formula is C25H34N4O. The van der Waals surface area contributed by atoms with Gasteiger partial charge in [-0.15, -0.1) is 0 Å². The van der Waals surface area contributed by atoms with Crippen LogP contribution in [0, 0.1) is 10.8 Å². The van der Waals surface area contributed by atoms with E-state index in [1.807, 2.05) is 12.3 Å². The van der Waals surface area contributed by atoms with Crippen LogP contribution in [0.4, 0.5) is 0 Å². The Kier molecular flexibility index (Phi) is 6.26. The van der Waals surface area contributed by atoms with Crippen molar-refractivity contribution < 1.29 is 4.74 Å². The summed E-state index contributed by atoms with van der Waals surface area (Å²) in [5.74, 6) is 1.74. The van der Waals surface area contributed by atoms with E-state index in [4.69, 9.17) is 15.6 Å². The average molecular weight is 407 g/mol. The van der Waals surface area contributed by atoms with Crippen molar-refractivity contribution in [3.63, 3.8) is 0 Å². The highest BCUT2D eigenvalue weighted by atomic mass is 16.5. The number of hydrogen-bond acceptors (Lipinski definition) is 3. The maximum atomic E-state index is 8.71. The molecule has 3 atom stereocenters. The summed E-state index contributed by atoms with van der Waals surface area (Å²) in [5, 5.41) is 17.0. The summed E-state index contributed by atoms with van der Waals surface area (Å²) < 4.78 is 8.11. The molecule has 160 valence electrons. The molecule has 0 radical (unpaired) electrons. The fraction of sp³-hybridized carbons (Fsp3) is 0.520. The second-order valence-corrected chi connectivity index (χ2v) is 8.78. The first-order valence-corrected chi connectivity index (χ1v) is 11.5. The second kappa shape index (κ2) is 9.07. The number of nitrogens with one attached hydrogen (secondary N) is 2. The van der Waals surface area contributed by atoms with Crippen LogP contribution in [-0.4, -0.2) is 28.0 Å². The SMILES string of the molecule is CCC[C@H]1CC[C@@H](Oc2ccc(=N)n(C(=N)N3CCCCC3C)c2)c2ccccc21. The summed E-state index contributed by atoms with van der Waals surface area (Å²) in [4.78, 5) is 2.11. The average Bonchev–Trinajstić information content (AvgIpc) is 2.77. The standard InChI is InChI=1S/C25H34N4O/c1-3-8-19-12-14-23(22-11-5-4-10-21(19)22)30-20-13-15-24(26)29(17-20)25(27)28-16-7-6-9-18(28)2/h4-5,10-11,13,15,17-19,23,26-27H,3,6-9,12,14,16H2,1-2H3/t18?,19-,23+/m0/s1. The van der Waals surface area contributed by atoms with Crippen molar-refractivity contribution >= 4 is 5.96 Å². The molecule has 2 heterocycles. The molecule has 2 aliphatic rings. The van der Waals surface area contributed by atoms with Gasteiger partial charge in [-0.1, -0.05) is 37.6 Å². The summed E-state index contributed by atoms with van der Waals surface area (Å²) in [5.41, 5.74) is 3.04. The zero-order valence-electron chi connectivity index (χ0n) is 18.2. The lowest BCUT2D eigenvalue weighted by Crippen LogP contribution is -2.47. The lowest BCUT2D eigenvalue weighted by Gasteiger charge is -2.36. The Morgan fingerprint density at radius 1 is 1.07 bits per heavy atom. The molecule has 1 unspecified atom stereocenters. The van der Waals surface area contributed by atoms with Crippen LogP contribution in [0.25, 0.3) is 0 Å². The molecule has 0 saturated carbocycles. The normalized spacial score (nSPS) is 23.7. The van der Waals surface area contributed by atoms with Gasteiger partial charge in [-0.05, 0) is 74.6 Å².